The average Bonchev–Trinajstić information content (AvgIpc) is 3.04. The van der Waals surface area contributed by atoms with Crippen molar-refractivity contribution >= 4 is 23.5 Å². The molecule has 2 aliphatic heterocycles. The standard InChI is InChI=1S/C21H23N3O4/c1-14-3-4-15-12-23(20(25)22-16-5-7-18(27-2)8-6-16)10-9-17-13-28-21(26)24(17)19(15)11-14/h3-8,11,17H,9-10,12-13H2,1-2H3,(H,22,25)/t17-/m0/s1. The third-order valence-electron chi connectivity index (χ3n) is 5.18. The van der Waals surface area contributed by atoms with Crippen LogP contribution in [-0.2, 0) is 11.3 Å². The molecule has 4 rings (SSSR count). The molecule has 2 heterocycles. The maximum Gasteiger partial charge on any atom is 0.414 e. The number of benzene rings is 2. The molecule has 0 radical (unpaired) electrons. The van der Waals surface area contributed by atoms with Crippen LogP contribution in [0.4, 0.5) is 21.0 Å². The van der Waals surface area contributed by atoms with Crippen LogP contribution in [0.15, 0.2) is 42.5 Å². The van der Waals surface area contributed by atoms with Crippen molar-refractivity contribution in [2.24, 2.45) is 0 Å². The van der Waals surface area contributed by atoms with Crippen LogP contribution in [0, 0.1) is 6.92 Å². The number of carbonyl (C=O) groups excluding carboxylic acids is 2. The number of amides is 3. The van der Waals surface area contributed by atoms with Gasteiger partial charge in [0, 0.05) is 18.8 Å². The Morgan fingerprint density at radius 1 is 1.21 bits per heavy atom. The predicted octanol–water partition coefficient (Wildman–Crippen LogP) is 3.77. The van der Waals surface area contributed by atoms with Crippen LogP contribution in [0.25, 0.3) is 0 Å². The number of urea groups is 1. The lowest BCUT2D eigenvalue weighted by Crippen LogP contribution is -2.43. The van der Waals surface area contributed by atoms with Gasteiger partial charge in [-0.25, -0.2) is 9.59 Å². The number of cyclic esters (lactones) is 1. The van der Waals surface area contributed by atoms with Gasteiger partial charge in [-0.3, -0.25) is 4.90 Å². The molecule has 146 valence electrons. The van der Waals surface area contributed by atoms with E-state index >= 15 is 0 Å². The van der Waals surface area contributed by atoms with Gasteiger partial charge >= 0.3 is 12.1 Å². The van der Waals surface area contributed by atoms with Crippen molar-refractivity contribution in [3.63, 3.8) is 0 Å². The number of rotatable bonds is 2. The number of carbonyl (C=O) groups is 2. The second kappa shape index (κ2) is 7.42. The van der Waals surface area contributed by atoms with E-state index in [-0.39, 0.29) is 18.2 Å². The van der Waals surface area contributed by atoms with Crippen LogP contribution in [0.1, 0.15) is 17.5 Å². The van der Waals surface area contributed by atoms with Gasteiger partial charge in [0.1, 0.15) is 12.4 Å². The first kappa shape index (κ1) is 18.2. The number of hydrogen-bond acceptors (Lipinski definition) is 4. The van der Waals surface area contributed by atoms with E-state index in [9.17, 15) is 9.59 Å². The summed E-state index contributed by atoms with van der Waals surface area (Å²) in [4.78, 5) is 28.7. The second-order valence-corrected chi connectivity index (χ2v) is 7.10. The summed E-state index contributed by atoms with van der Waals surface area (Å²) < 4.78 is 10.4. The highest BCUT2D eigenvalue weighted by Gasteiger charge is 2.37. The van der Waals surface area contributed by atoms with Gasteiger partial charge in [0.25, 0.3) is 0 Å². The molecule has 28 heavy (non-hydrogen) atoms. The van der Waals surface area contributed by atoms with Gasteiger partial charge in [-0.15, -0.1) is 0 Å². The normalized spacial score (nSPS) is 18.5. The van der Waals surface area contributed by atoms with E-state index in [4.69, 9.17) is 9.47 Å². The molecular weight excluding hydrogens is 358 g/mol. The summed E-state index contributed by atoms with van der Waals surface area (Å²) >= 11 is 0. The van der Waals surface area contributed by atoms with E-state index in [1.54, 1.807) is 29.0 Å². The Bertz CT molecular complexity index is 897. The fraction of sp³-hybridized carbons (Fsp3) is 0.333. The quantitative estimate of drug-likeness (QED) is 0.860. The van der Waals surface area contributed by atoms with Crippen LogP contribution in [0.3, 0.4) is 0 Å². The van der Waals surface area contributed by atoms with Gasteiger partial charge in [-0.05, 0) is 54.8 Å². The number of fused-ring (bicyclic) bond motifs is 3. The first-order chi connectivity index (χ1) is 13.5. The number of anilines is 2. The molecule has 1 saturated heterocycles. The molecule has 1 N–H and O–H groups in total. The zero-order chi connectivity index (χ0) is 19.7. The predicted molar refractivity (Wildman–Crippen MR) is 106 cm³/mol. The van der Waals surface area contributed by atoms with Crippen molar-refractivity contribution in [2.75, 3.05) is 30.5 Å². The number of hydrogen-bond donors (Lipinski definition) is 1. The summed E-state index contributed by atoms with van der Waals surface area (Å²) in [5.41, 5.74) is 3.53. The van der Waals surface area contributed by atoms with E-state index in [2.05, 4.69) is 5.32 Å². The summed E-state index contributed by atoms with van der Waals surface area (Å²) in [5.74, 6) is 0.736. The Kier molecular flexibility index (Phi) is 4.81. The molecule has 0 unspecified atom stereocenters. The lowest BCUT2D eigenvalue weighted by atomic mass is 10.0. The summed E-state index contributed by atoms with van der Waals surface area (Å²) in [5, 5.41) is 2.94. The van der Waals surface area contributed by atoms with E-state index in [0.717, 1.165) is 22.6 Å². The third-order valence-corrected chi connectivity index (χ3v) is 5.18. The highest BCUT2D eigenvalue weighted by Crippen LogP contribution is 2.32. The fourth-order valence-corrected chi connectivity index (χ4v) is 3.64. The lowest BCUT2D eigenvalue weighted by Gasteiger charge is -2.32. The zero-order valence-corrected chi connectivity index (χ0v) is 16.0. The summed E-state index contributed by atoms with van der Waals surface area (Å²) in [6, 6.07) is 13.0. The second-order valence-electron chi connectivity index (χ2n) is 7.10. The monoisotopic (exact) mass is 381 g/mol. The Hall–Kier alpha value is -3.22. The van der Waals surface area contributed by atoms with Gasteiger partial charge in [0.15, 0.2) is 0 Å². The van der Waals surface area contributed by atoms with Crippen molar-refractivity contribution in [1.82, 2.24) is 4.90 Å². The fourth-order valence-electron chi connectivity index (χ4n) is 3.64. The molecule has 1 fully saturated rings. The summed E-state index contributed by atoms with van der Waals surface area (Å²) in [6.45, 7) is 3.30. The molecule has 2 aliphatic rings. The maximum atomic E-state index is 12.9. The van der Waals surface area contributed by atoms with Crippen molar-refractivity contribution < 1.29 is 19.1 Å². The molecule has 7 nitrogen and oxygen atoms in total. The molecule has 2 aromatic carbocycles. The Labute approximate surface area is 163 Å². The minimum absolute atomic E-state index is 0.0652. The van der Waals surface area contributed by atoms with E-state index in [0.29, 0.717) is 31.8 Å². The minimum atomic E-state index is -0.312. The third kappa shape index (κ3) is 3.47. The van der Waals surface area contributed by atoms with E-state index in [1.165, 1.54) is 0 Å². The molecule has 3 amide bonds. The van der Waals surface area contributed by atoms with Crippen molar-refractivity contribution in [3.05, 3.63) is 53.6 Å². The number of ether oxygens (including phenoxy) is 2. The first-order valence-corrected chi connectivity index (χ1v) is 9.30. The van der Waals surface area contributed by atoms with Crippen LogP contribution >= 0.6 is 0 Å². The molecule has 7 heteroatoms. The zero-order valence-electron chi connectivity index (χ0n) is 16.0. The lowest BCUT2D eigenvalue weighted by molar-refractivity contribution is 0.177. The molecule has 1 atom stereocenters. The van der Waals surface area contributed by atoms with E-state index in [1.807, 2.05) is 37.3 Å². The summed E-state index contributed by atoms with van der Waals surface area (Å²) in [6.07, 6.45) is 0.350. The molecule has 0 aromatic heterocycles. The Morgan fingerprint density at radius 2 is 2.00 bits per heavy atom. The largest absolute Gasteiger partial charge is 0.497 e. The maximum absolute atomic E-state index is 12.9. The molecule has 2 aromatic rings. The minimum Gasteiger partial charge on any atom is -0.497 e. The highest BCUT2D eigenvalue weighted by molar-refractivity contribution is 5.92. The number of nitrogens with one attached hydrogen (secondary N) is 1. The Morgan fingerprint density at radius 3 is 2.75 bits per heavy atom. The van der Waals surface area contributed by atoms with Crippen molar-refractivity contribution in [3.8, 4) is 5.75 Å². The van der Waals surface area contributed by atoms with Gasteiger partial charge in [0.2, 0.25) is 0 Å². The number of nitrogens with zero attached hydrogens (tertiary/aromatic N) is 2. The summed E-state index contributed by atoms with van der Waals surface area (Å²) in [7, 11) is 1.60. The SMILES string of the molecule is COc1ccc(NC(=O)N2CC[C@H]3COC(=O)N3c3cc(C)ccc3C2)cc1. The molecule has 0 bridgehead atoms. The van der Waals surface area contributed by atoms with Crippen LogP contribution in [0.5, 0.6) is 5.75 Å². The van der Waals surface area contributed by atoms with Gasteiger partial charge in [0.05, 0.1) is 18.8 Å². The van der Waals surface area contributed by atoms with Crippen LogP contribution < -0.4 is 15.0 Å². The molecule has 0 saturated carbocycles. The van der Waals surface area contributed by atoms with Gasteiger partial charge < -0.3 is 19.7 Å². The average molecular weight is 381 g/mol. The van der Waals surface area contributed by atoms with Crippen LogP contribution in [-0.4, -0.2) is 43.3 Å². The van der Waals surface area contributed by atoms with E-state index < -0.39 is 0 Å². The van der Waals surface area contributed by atoms with Crippen molar-refractivity contribution in [1.29, 1.82) is 0 Å². The molecule has 0 aliphatic carbocycles. The molecule has 0 spiro atoms. The smallest absolute Gasteiger partial charge is 0.414 e. The van der Waals surface area contributed by atoms with Crippen LogP contribution in [0.2, 0.25) is 0 Å². The Balaban J connectivity index is 1.58. The number of aryl methyl sites for hydroxylation is 1. The van der Waals surface area contributed by atoms with Crippen molar-refractivity contribution in [2.45, 2.75) is 25.9 Å². The highest BCUT2D eigenvalue weighted by atomic mass is 16.6. The topological polar surface area (TPSA) is 71.1 Å². The number of methoxy groups -OCH3 is 1. The first-order valence-electron chi connectivity index (χ1n) is 9.30. The molecular formula is C21H23N3O4. The van der Waals surface area contributed by atoms with Gasteiger partial charge in [-0.2, -0.15) is 0 Å². The van der Waals surface area contributed by atoms with Gasteiger partial charge in [-0.1, -0.05) is 12.1 Å².